The number of halogens is 1. The molecule has 1 aromatic rings. The SMILES string of the molecule is O=c1[nH]ccnc1NCCOCCCl. The zero-order valence-electron chi connectivity index (χ0n) is 7.62. The molecule has 1 aromatic heterocycles. The molecular formula is C8H12ClN3O2. The molecule has 2 N–H and O–H groups in total. The van der Waals surface area contributed by atoms with Crippen LogP contribution in [0.25, 0.3) is 0 Å². The molecule has 0 saturated heterocycles. The summed E-state index contributed by atoms with van der Waals surface area (Å²) < 4.78 is 5.11. The third-order valence-electron chi connectivity index (χ3n) is 1.47. The summed E-state index contributed by atoms with van der Waals surface area (Å²) in [7, 11) is 0. The fourth-order valence-corrected chi connectivity index (χ4v) is 0.985. The van der Waals surface area contributed by atoms with Crippen LogP contribution in [-0.2, 0) is 4.74 Å². The van der Waals surface area contributed by atoms with E-state index in [4.69, 9.17) is 16.3 Å². The molecule has 0 aliphatic carbocycles. The van der Waals surface area contributed by atoms with Crippen molar-refractivity contribution in [1.82, 2.24) is 9.97 Å². The van der Waals surface area contributed by atoms with Gasteiger partial charge in [0, 0.05) is 24.8 Å². The molecular weight excluding hydrogens is 206 g/mol. The Morgan fingerprint density at radius 1 is 1.57 bits per heavy atom. The molecule has 1 heterocycles. The molecule has 78 valence electrons. The average molecular weight is 218 g/mol. The van der Waals surface area contributed by atoms with E-state index in [1.54, 1.807) is 0 Å². The standard InChI is InChI=1S/C8H12ClN3O2/c9-1-5-14-6-4-11-7-8(13)12-3-2-10-7/h2-3H,1,4-6H2,(H,10,11)(H,12,13). The van der Waals surface area contributed by atoms with Crippen molar-refractivity contribution in [3.63, 3.8) is 0 Å². The number of nitrogens with one attached hydrogen (secondary N) is 2. The Balaban J connectivity index is 2.25. The van der Waals surface area contributed by atoms with Gasteiger partial charge >= 0.3 is 0 Å². The van der Waals surface area contributed by atoms with E-state index >= 15 is 0 Å². The Kier molecular flexibility index (Phi) is 5.03. The van der Waals surface area contributed by atoms with E-state index in [0.29, 0.717) is 31.5 Å². The van der Waals surface area contributed by atoms with Gasteiger partial charge in [0.1, 0.15) is 0 Å². The van der Waals surface area contributed by atoms with E-state index in [1.165, 1.54) is 12.4 Å². The molecule has 6 heteroatoms. The summed E-state index contributed by atoms with van der Waals surface area (Å²) in [5.74, 6) is 0.784. The van der Waals surface area contributed by atoms with Crippen molar-refractivity contribution in [3.8, 4) is 0 Å². The van der Waals surface area contributed by atoms with Crippen LogP contribution >= 0.6 is 11.6 Å². The third-order valence-corrected chi connectivity index (χ3v) is 1.62. The Bertz CT molecular complexity index is 315. The molecule has 0 aliphatic rings. The van der Waals surface area contributed by atoms with Crippen LogP contribution in [0, 0.1) is 0 Å². The van der Waals surface area contributed by atoms with Crippen LogP contribution in [0.5, 0.6) is 0 Å². The molecule has 5 nitrogen and oxygen atoms in total. The predicted molar refractivity (Wildman–Crippen MR) is 54.9 cm³/mol. The van der Waals surface area contributed by atoms with E-state index in [0.717, 1.165) is 0 Å². The molecule has 0 aromatic carbocycles. The van der Waals surface area contributed by atoms with Gasteiger partial charge in [-0.25, -0.2) is 4.98 Å². The van der Waals surface area contributed by atoms with Crippen molar-refractivity contribution in [2.24, 2.45) is 0 Å². The maximum atomic E-state index is 11.1. The Labute approximate surface area is 86.5 Å². The number of nitrogens with zero attached hydrogens (tertiary/aromatic N) is 1. The number of anilines is 1. The molecule has 14 heavy (non-hydrogen) atoms. The summed E-state index contributed by atoms with van der Waals surface area (Å²) >= 11 is 5.41. The lowest BCUT2D eigenvalue weighted by molar-refractivity contribution is 0.160. The quantitative estimate of drug-likeness (QED) is 0.536. The van der Waals surface area contributed by atoms with Crippen molar-refractivity contribution in [3.05, 3.63) is 22.7 Å². The number of H-pyrrole nitrogens is 1. The number of aromatic amines is 1. The van der Waals surface area contributed by atoms with Crippen LogP contribution in [-0.4, -0.2) is 35.6 Å². The second-order valence-electron chi connectivity index (χ2n) is 2.50. The van der Waals surface area contributed by atoms with Gasteiger partial charge in [-0.2, -0.15) is 0 Å². The summed E-state index contributed by atoms with van der Waals surface area (Å²) in [5.41, 5.74) is -0.232. The van der Waals surface area contributed by atoms with Gasteiger partial charge in [-0.1, -0.05) is 0 Å². The maximum absolute atomic E-state index is 11.1. The molecule has 0 saturated carbocycles. The monoisotopic (exact) mass is 217 g/mol. The van der Waals surface area contributed by atoms with Crippen molar-refractivity contribution >= 4 is 17.4 Å². The molecule has 0 amide bonds. The van der Waals surface area contributed by atoms with Crippen LogP contribution in [0.15, 0.2) is 17.2 Å². The number of rotatable bonds is 6. The summed E-state index contributed by atoms with van der Waals surface area (Å²) in [5, 5.41) is 2.85. The van der Waals surface area contributed by atoms with E-state index in [-0.39, 0.29) is 5.56 Å². The lowest BCUT2D eigenvalue weighted by atomic mass is 10.6. The zero-order valence-corrected chi connectivity index (χ0v) is 8.38. The second kappa shape index (κ2) is 6.39. The van der Waals surface area contributed by atoms with E-state index in [9.17, 15) is 4.79 Å². The minimum absolute atomic E-state index is 0.232. The molecule has 0 atom stereocenters. The summed E-state index contributed by atoms with van der Waals surface area (Å²) in [6.07, 6.45) is 3.00. The third kappa shape index (κ3) is 3.76. The van der Waals surface area contributed by atoms with Crippen molar-refractivity contribution < 1.29 is 4.74 Å². The Morgan fingerprint density at radius 2 is 2.43 bits per heavy atom. The van der Waals surface area contributed by atoms with E-state index < -0.39 is 0 Å². The molecule has 1 rings (SSSR count). The van der Waals surface area contributed by atoms with Gasteiger partial charge in [-0.15, -0.1) is 11.6 Å². The lowest BCUT2D eigenvalue weighted by Gasteiger charge is -2.03. The average Bonchev–Trinajstić information content (AvgIpc) is 2.20. The highest BCUT2D eigenvalue weighted by molar-refractivity contribution is 6.17. The first kappa shape index (κ1) is 11.0. The van der Waals surface area contributed by atoms with Crippen molar-refractivity contribution in [2.45, 2.75) is 0 Å². The first-order valence-electron chi connectivity index (χ1n) is 4.26. The molecule has 0 bridgehead atoms. The van der Waals surface area contributed by atoms with Crippen LogP contribution in [0.3, 0.4) is 0 Å². The second-order valence-corrected chi connectivity index (χ2v) is 2.87. The Hall–Kier alpha value is -1.07. The van der Waals surface area contributed by atoms with Crippen molar-refractivity contribution in [2.75, 3.05) is 31.0 Å². The number of aromatic nitrogens is 2. The highest BCUT2D eigenvalue weighted by atomic mass is 35.5. The van der Waals surface area contributed by atoms with Crippen molar-refractivity contribution in [1.29, 1.82) is 0 Å². The van der Waals surface area contributed by atoms with E-state index in [2.05, 4.69) is 15.3 Å². The molecule has 0 fully saturated rings. The van der Waals surface area contributed by atoms with Gasteiger partial charge in [0.2, 0.25) is 0 Å². The highest BCUT2D eigenvalue weighted by Gasteiger charge is 1.96. The summed E-state index contributed by atoms with van der Waals surface area (Å²) in [6, 6.07) is 0. The van der Waals surface area contributed by atoms with Crippen LogP contribution in [0.2, 0.25) is 0 Å². The Morgan fingerprint density at radius 3 is 3.14 bits per heavy atom. The number of hydrogen-bond donors (Lipinski definition) is 2. The number of hydrogen-bond acceptors (Lipinski definition) is 4. The minimum atomic E-state index is -0.232. The first-order valence-corrected chi connectivity index (χ1v) is 4.79. The number of alkyl halides is 1. The predicted octanol–water partition coefficient (Wildman–Crippen LogP) is 0.437. The minimum Gasteiger partial charge on any atom is -0.378 e. The smallest absolute Gasteiger partial charge is 0.290 e. The van der Waals surface area contributed by atoms with Gasteiger partial charge in [0.15, 0.2) is 5.82 Å². The largest absolute Gasteiger partial charge is 0.378 e. The lowest BCUT2D eigenvalue weighted by Crippen LogP contribution is -2.18. The topological polar surface area (TPSA) is 67.0 Å². The first-order chi connectivity index (χ1) is 6.84. The van der Waals surface area contributed by atoms with Crippen LogP contribution in [0.1, 0.15) is 0 Å². The fraction of sp³-hybridized carbons (Fsp3) is 0.500. The summed E-state index contributed by atoms with van der Waals surface area (Å²) in [6.45, 7) is 1.56. The van der Waals surface area contributed by atoms with Gasteiger partial charge in [0.25, 0.3) is 5.56 Å². The highest BCUT2D eigenvalue weighted by Crippen LogP contribution is 1.88. The fourth-order valence-electron chi connectivity index (χ4n) is 0.876. The van der Waals surface area contributed by atoms with Crippen LogP contribution < -0.4 is 10.9 Å². The molecule has 0 radical (unpaired) electrons. The number of ether oxygens (including phenoxy) is 1. The van der Waals surface area contributed by atoms with Crippen LogP contribution in [0.4, 0.5) is 5.82 Å². The normalized spacial score (nSPS) is 10.1. The maximum Gasteiger partial charge on any atom is 0.290 e. The molecule has 0 aliphatic heterocycles. The van der Waals surface area contributed by atoms with Gasteiger partial charge in [0.05, 0.1) is 13.2 Å². The van der Waals surface area contributed by atoms with E-state index in [1.807, 2.05) is 0 Å². The molecule has 0 spiro atoms. The van der Waals surface area contributed by atoms with Gasteiger partial charge in [-0.3, -0.25) is 4.79 Å². The molecule has 0 unspecified atom stereocenters. The summed E-state index contributed by atoms with van der Waals surface area (Å²) in [4.78, 5) is 17.5. The zero-order chi connectivity index (χ0) is 10.2. The van der Waals surface area contributed by atoms with Gasteiger partial charge < -0.3 is 15.0 Å². The van der Waals surface area contributed by atoms with Gasteiger partial charge in [-0.05, 0) is 0 Å².